The largest absolute Gasteiger partial charge is 0.486 e. The number of para-hydroxylation sites is 1. The predicted octanol–water partition coefficient (Wildman–Crippen LogP) is 3.63. The second-order valence-corrected chi connectivity index (χ2v) is 7.39. The molecular formula is C22H20N2O5. The van der Waals surface area contributed by atoms with Crippen molar-refractivity contribution in [2.45, 2.75) is 24.9 Å². The lowest BCUT2D eigenvalue weighted by molar-refractivity contribution is -0.384. The van der Waals surface area contributed by atoms with Crippen molar-refractivity contribution >= 4 is 23.5 Å². The summed E-state index contributed by atoms with van der Waals surface area (Å²) in [5.74, 6) is 0.590. The van der Waals surface area contributed by atoms with Crippen LogP contribution in [0.5, 0.6) is 5.75 Å². The van der Waals surface area contributed by atoms with Gasteiger partial charge in [0.2, 0.25) is 5.91 Å². The summed E-state index contributed by atoms with van der Waals surface area (Å²) in [6.07, 6.45) is 4.66. The summed E-state index contributed by atoms with van der Waals surface area (Å²) in [5, 5.41) is 10.7. The Bertz CT molecular complexity index is 989. The highest BCUT2D eigenvalue weighted by Gasteiger charge is 2.43. The lowest BCUT2D eigenvalue weighted by atomic mass is 9.82. The van der Waals surface area contributed by atoms with Gasteiger partial charge in [-0.2, -0.15) is 0 Å². The number of nitro groups is 1. The van der Waals surface area contributed by atoms with Crippen molar-refractivity contribution in [3.63, 3.8) is 0 Å². The Kier molecular flexibility index (Phi) is 4.88. The number of carbonyl (C=O) groups excluding carboxylic acids is 2. The van der Waals surface area contributed by atoms with Crippen LogP contribution in [0.3, 0.4) is 0 Å². The normalized spacial score (nSPS) is 17.8. The standard InChI is InChI=1S/C22H20N2O5/c25-19-15-22(29-20-4-2-1-3-18(19)20)11-13-23(14-12-22)21(26)10-7-16-5-8-17(9-6-16)24(27)28/h1-10H,11-15H2/b10-7+. The third kappa shape index (κ3) is 3.89. The molecule has 0 unspecified atom stereocenters. The van der Waals surface area contributed by atoms with E-state index in [-0.39, 0.29) is 17.4 Å². The number of ether oxygens (including phenoxy) is 1. The molecule has 1 spiro atoms. The highest BCUT2D eigenvalue weighted by atomic mass is 16.6. The second-order valence-electron chi connectivity index (χ2n) is 7.39. The zero-order valence-electron chi connectivity index (χ0n) is 15.7. The van der Waals surface area contributed by atoms with Crippen LogP contribution in [0.15, 0.2) is 54.6 Å². The molecule has 0 saturated carbocycles. The number of non-ortho nitro benzene ring substituents is 1. The van der Waals surface area contributed by atoms with Crippen LogP contribution in [-0.2, 0) is 4.79 Å². The van der Waals surface area contributed by atoms with Crippen molar-refractivity contribution in [2.24, 2.45) is 0 Å². The van der Waals surface area contributed by atoms with Gasteiger partial charge in [-0.15, -0.1) is 0 Å². The molecule has 7 nitrogen and oxygen atoms in total. The van der Waals surface area contributed by atoms with Crippen LogP contribution in [0.1, 0.15) is 35.2 Å². The topological polar surface area (TPSA) is 89.8 Å². The number of piperidine rings is 1. The van der Waals surface area contributed by atoms with E-state index in [0.717, 1.165) is 5.56 Å². The molecule has 2 aliphatic rings. The quantitative estimate of drug-likeness (QED) is 0.452. The fraction of sp³-hybridized carbons (Fsp3) is 0.273. The highest BCUT2D eigenvalue weighted by molar-refractivity contribution is 6.00. The first-order valence-electron chi connectivity index (χ1n) is 9.48. The molecule has 2 heterocycles. The Hall–Kier alpha value is -3.48. The van der Waals surface area contributed by atoms with Gasteiger partial charge >= 0.3 is 0 Å². The summed E-state index contributed by atoms with van der Waals surface area (Å²) in [7, 11) is 0. The number of benzene rings is 2. The van der Waals surface area contributed by atoms with Gasteiger partial charge < -0.3 is 9.64 Å². The number of carbonyl (C=O) groups is 2. The Morgan fingerprint density at radius 1 is 1.10 bits per heavy atom. The number of amides is 1. The molecule has 29 heavy (non-hydrogen) atoms. The van der Waals surface area contributed by atoms with Crippen LogP contribution in [0.25, 0.3) is 6.08 Å². The van der Waals surface area contributed by atoms with Crippen molar-refractivity contribution in [3.8, 4) is 5.75 Å². The summed E-state index contributed by atoms with van der Waals surface area (Å²) >= 11 is 0. The van der Waals surface area contributed by atoms with Crippen LogP contribution in [-0.4, -0.2) is 40.2 Å². The first-order chi connectivity index (χ1) is 14.0. The van der Waals surface area contributed by atoms with Gasteiger partial charge in [0.15, 0.2) is 5.78 Å². The van der Waals surface area contributed by atoms with Crippen molar-refractivity contribution in [2.75, 3.05) is 13.1 Å². The molecule has 0 atom stereocenters. The lowest BCUT2D eigenvalue weighted by Gasteiger charge is -2.43. The molecule has 148 valence electrons. The Morgan fingerprint density at radius 3 is 2.48 bits per heavy atom. The van der Waals surface area contributed by atoms with Gasteiger partial charge in [0.1, 0.15) is 11.4 Å². The summed E-state index contributed by atoms with van der Waals surface area (Å²) in [6, 6.07) is 13.3. The molecule has 2 aromatic carbocycles. The number of nitrogens with zero attached hydrogens (tertiary/aromatic N) is 2. The first kappa shape index (κ1) is 18.9. The van der Waals surface area contributed by atoms with Crippen LogP contribution < -0.4 is 4.74 Å². The van der Waals surface area contributed by atoms with E-state index >= 15 is 0 Å². The number of rotatable bonds is 3. The van der Waals surface area contributed by atoms with Crippen LogP contribution in [0.2, 0.25) is 0 Å². The van der Waals surface area contributed by atoms with E-state index in [1.54, 1.807) is 29.2 Å². The third-order valence-electron chi connectivity index (χ3n) is 5.51. The van der Waals surface area contributed by atoms with Gasteiger partial charge in [-0.05, 0) is 35.9 Å². The number of nitro benzene ring substituents is 1. The van der Waals surface area contributed by atoms with Crippen molar-refractivity contribution in [1.82, 2.24) is 4.90 Å². The molecule has 1 fully saturated rings. The van der Waals surface area contributed by atoms with Crippen LogP contribution in [0.4, 0.5) is 5.69 Å². The maximum absolute atomic E-state index is 12.5. The molecule has 1 amide bonds. The van der Waals surface area contributed by atoms with Gasteiger partial charge in [-0.25, -0.2) is 0 Å². The fourth-order valence-corrected chi connectivity index (χ4v) is 3.84. The molecule has 0 aliphatic carbocycles. The molecule has 1 saturated heterocycles. The van der Waals surface area contributed by atoms with E-state index in [1.165, 1.54) is 18.2 Å². The number of hydrogen-bond donors (Lipinski definition) is 0. The van der Waals surface area contributed by atoms with E-state index in [2.05, 4.69) is 0 Å². The minimum Gasteiger partial charge on any atom is -0.486 e. The zero-order valence-corrected chi connectivity index (χ0v) is 15.7. The molecule has 4 rings (SSSR count). The van der Waals surface area contributed by atoms with E-state index in [0.29, 0.717) is 43.7 Å². The summed E-state index contributed by atoms with van der Waals surface area (Å²) in [4.78, 5) is 37.0. The smallest absolute Gasteiger partial charge is 0.269 e. The molecule has 2 aromatic rings. The number of Topliss-reactive ketones (excluding diaryl/α,β-unsaturated/α-hetero) is 1. The van der Waals surface area contributed by atoms with Gasteiger partial charge in [0.25, 0.3) is 5.69 Å². The Balaban J connectivity index is 1.38. The molecule has 0 aromatic heterocycles. The minimum atomic E-state index is -0.537. The van der Waals surface area contributed by atoms with Crippen LogP contribution >= 0.6 is 0 Å². The van der Waals surface area contributed by atoms with E-state index in [1.807, 2.05) is 18.2 Å². The van der Waals surface area contributed by atoms with Gasteiger partial charge in [-0.3, -0.25) is 19.7 Å². The summed E-state index contributed by atoms with van der Waals surface area (Å²) < 4.78 is 6.19. The number of ketones is 1. The molecular weight excluding hydrogens is 372 g/mol. The SMILES string of the molecule is O=C1CC2(CCN(C(=O)/C=C/c3ccc([N+](=O)[O-])cc3)CC2)Oc2ccccc21. The highest BCUT2D eigenvalue weighted by Crippen LogP contribution is 2.39. The van der Waals surface area contributed by atoms with Gasteiger partial charge in [0.05, 0.1) is 16.9 Å². The fourth-order valence-electron chi connectivity index (χ4n) is 3.84. The van der Waals surface area contributed by atoms with E-state index in [4.69, 9.17) is 4.74 Å². The lowest BCUT2D eigenvalue weighted by Crippen LogP contribution is -2.52. The molecule has 2 aliphatic heterocycles. The maximum Gasteiger partial charge on any atom is 0.269 e. The van der Waals surface area contributed by atoms with E-state index < -0.39 is 10.5 Å². The van der Waals surface area contributed by atoms with E-state index in [9.17, 15) is 19.7 Å². The average molecular weight is 392 g/mol. The van der Waals surface area contributed by atoms with Gasteiger partial charge in [-0.1, -0.05) is 12.1 Å². The number of fused-ring (bicyclic) bond motifs is 1. The molecule has 7 heteroatoms. The molecule has 0 bridgehead atoms. The minimum absolute atomic E-state index is 0.0124. The van der Waals surface area contributed by atoms with Gasteiger partial charge in [0, 0.05) is 44.1 Å². The molecule has 0 radical (unpaired) electrons. The molecule has 0 N–H and O–H groups in total. The average Bonchev–Trinajstić information content (AvgIpc) is 2.73. The van der Waals surface area contributed by atoms with Crippen molar-refractivity contribution in [3.05, 3.63) is 75.8 Å². The first-order valence-corrected chi connectivity index (χ1v) is 9.48. The predicted molar refractivity (Wildman–Crippen MR) is 107 cm³/mol. The van der Waals surface area contributed by atoms with Crippen LogP contribution in [0, 0.1) is 10.1 Å². The zero-order chi connectivity index (χ0) is 20.4. The Morgan fingerprint density at radius 2 is 1.79 bits per heavy atom. The summed E-state index contributed by atoms with van der Waals surface area (Å²) in [5.41, 5.74) is 0.820. The summed E-state index contributed by atoms with van der Waals surface area (Å²) in [6.45, 7) is 1.03. The maximum atomic E-state index is 12.5. The number of likely N-dealkylation sites (tertiary alicyclic amines) is 1. The van der Waals surface area contributed by atoms with Crippen molar-refractivity contribution < 1.29 is 19.2 Å². The second kappa shape index (κ2) is 7.50. The number of hydrogen-bond acceptors (Lipinski definition) is 5. The van der Waals surface area contributed by atoms with Crippen molar-refractivity contribution in [1.29, 1.82) is 0 Å². The third-order valence-corrected chi connectivity index (χ3v) is 5.51. The monoisotopic (exact) mass is 392 g/mol. The Labute approximate surface area is 167 Å².